The van der Waals surface area contributed by atoms with Crippen LogP contribution in [0.25, 0.3) is 0 Å². The number of carboxylic acids is 1. The molecule has 0 bridgehead atoms. The minimum atomic E-state index is -0.666. The van der Waals surface area contributed by atoms with E-state index in [1.807, 2.05) is 6.92 Å². The molecule has 16 heavy (non-hydrogen) atoms. The van der Waals surface area contributed by atoms with Crippen molar-refractivity contribution in [2.24, 2.45) is 5.92 Å². The van der Waals surface area contributed by atoms with Gasteiger partial charge in [-0.1, -0.05) is 20.3 Å². The van der Waals surface area contributed by atoms with Crippen LogP contribution in [0.4, 0.5) is 0 Å². The van der Waals surface area contributed by atoms with Gasteiger partial charge in [0, 0.05) is 5.75 Å². The fourth-order valence-corrected chi connectivity index (χ4v) is 3.42. The lowest BCUT2D eigenvalue weighted by molar-refractivity contribution is -0.144. The van der Waals surface area contributed by atoms with Crippen LogP contribution in [0.3, 0.4) is 0 Å². The molecule has 0 amide bonds. The molecule has 4 heteroatoms. The molecule has 0 aromatic rings. The number of likely N-dealkylation sites (N-methyl/N-ethyl adjacent to an activating group) is 1. The number of hydrogen-bond acceptors (Lipinski definition) is 3. The van der Waals surface area contributed by atoms with Gasteiger partial charge in [0.15, 0.2) is 0 Å². The third-order valence-corrected chi connectivity index (χ3v) is 4.36. The molecule has 1 saturated carbocycles. The Labute approximate surface area is 102 Å². The molecule has 1 atom stereocenters. The highest BCUT2D eigenvalue weighted by atomic mass is 32.2. The van der Waals surface area contributed by atoms with E-state index in [4.69, 9.17) is 0 Å². The fourth-order valence-electron chi connectivity index (χ4n) is 2.00. The van der Waals surface area contributed by atoms with E-state index in [1.165, 1.54) is 12.8 Å². The summed E-state index contributed by atoms with van der Waals surface area (Å²) in [5.41, 5.74) is -0.660. The Morgan fingerprint density at radius 3 is 2.62 bits per heavy atom. The maximum Gasteiger partial charge on any atom is 0.325 e. The molecule has 2 N–H and O–H groups in total. The number of carboxylic acid groups (broad SMARTS) is 1. The zero-order valence-corrected chi connectivity index (χ0v) is 11.1. The third kappa shape index (κ3) is 3.39. The van der Waals surface area contributed by atoms with Crippen molar-refractivity contribution in [2.75, 3.05) is 18.1 Å². The summed E-state index contributed by atoms with van der Waals surface area (Å²) in [5, 5.41) is 12.7. The molecular weight excluding hydrogens is 222 g/mol. The lowest BCUT2D eigenvalue weighted by atomic mass is 9.96. The van der Waals surface area contributed by atoms with Crippen molar-refractivity contribution in [3.63, 3.8) is 0 Å². The number of nitrogens with one attached hydrogen (secondary N) is 1. The zero-order valence-electron chi connectivity index (χ0n) is 10.3. The molecule has 3 nitrogen and oxygen atoms in total. The van der Waals surface area contributed by atoms with Crippen LogP contribution in [-0.2, 0) is 4.79 Å². The SMILES string of the molecule is CCCCSCC(NCC)(C(=O)O)C1CC1. The molecule has 1 aliphatic carbocycles. The average Bonchev–Trinajstić information content (AvgIpc) is 3.06. The van der Waals surface area contributed by atoms with Gasteiger partial charge in [-0.3, -0.25) is 4.79 Å². The number of rotatable bonds is 9. The highest BCUT2D eigenvalue weighted by Crippen LogP contribution is 2.41. The van der Waals surface area contributed by atoms with Gasteiger partial charge in [0.2, 0.25) is 0 Å². The maximum absolute atomic E-state index is 11.5. The van der Waals surface area contributed by atoms with E-state index in [0.717, 1.165) is 25.1 Å². The Kier molecular flexibility index (Phi) is 5.62. The van der Waals surface area contributed by atoms with Gasteiger partial charge in [0.05, 0.1) is 0 Å². The van der Waals surface area contributed by atoms with Gasteiger partial charge in [-0.25, -0.2) is 0 Å². The highest BCUT2D eigenvalue weighted by molar-refractivity contribution is 7.99. The molecule has 1 fully saturated rings. The van der Waals surface area contributed by atoms with Gasteiger partial charge in [-0.05, 0) is 37.5 Å². The summed E-state index contributed by atoms with van der Waals surface area (Å²) in [6, 6.07) is 0. The van der Waals surface area contributed by atoms with Crippen molar-refractivity contribution in [3.05, 3.63) is 0 Å². The van der Waals surface area contributed by atoms with E-state index < -0.39 is 11.5 Å². The van der Waals surface area contributed by atoms with Gasteiger partial charge in [-0.15, -0.1) is 0 Å². The summed E-state index contributed by atoms with van der Waals surface area (Å²) in [4.78, 5) is 11.5. The monoisotopic (exact) mass is 245 g/mol. The number of aliphatic carboxylic acids is 1. The van der Waals surface area contributed by atoms with Crippen LogP contribution in [0, 0.1) is 5.92 Å². The van der Waals surface area contributed by atoms with E-state index in [9.17, 15) is 9.90 Å². The van der Waals surface area contributed by atoms with E-state index in [0.29, 0.717) is 11.7 Å². The molecule has 0 radical (unpaired) electrons. The van der Waals surface area contributed by atoms with E-state index in [-0.39, 0.29) is 0 Å². The van der Waals surface area contributed by atoms with Crippen molar-refractivity contribution in [2.45, 2.75) is 45.1 Å². The van der Waals surface area contributed by atoms with Gasteiger partial charge in [0.1, 0.15) is 5.54 Å². The van der Waals surface area contributed by atoms with Crippen LogP contribution in [0.1, 0.15) is 39.5 Å². The third-order valence-electron chi connectivity index (χ3n) is 3.12. The normalized spacial score (nSPS) is 19.4. The first-order chi connectivity index (χ1) is 7.67. The summed E-state index contributed by atoms with van der Waals surface area (Å²) in [7, 11) is 0. The van der Waals surface area contributed by atoms with Crippen molar-refractivity contribution < 1.29 is 9.90 Å². The second-order valence-corrected chi connectivity index (χ2v) is 5.59. The summed E-state index contributed by atoms with van der Waals surface area (Å²) in [6.07, 6.45) is 4.48. The minimum Gasteiger partial charge on any atom is -0.480 e. The lowest BCUT2D eigenvalue weighted by Crippen LogP contribution is -2.56. The van der Waals surface area contributed by atoms with Crippen LogP contribution in [0.2, 0.25) is 0 Å². The Morgan fingerprint density at radius 1 is 1.50 bits per heavy atom. The smallest absolute Gasteiger partial charge is 0.325 e. The van der Waals surface area contributed by atoms with Gasteiger partial charge in [-0.2, -0.15) is 11.8 Å². The molecule has 0 aromatic carbocycles. The largest absolute Gasteiger partial charge is 0.480 e. The topological polar surface area (TPSA) is 49.3 Å². The summed E-state index contributed by atoms with van der Waals surface area (Å²) >= 11 is 1.78. The second-order valence-electron chi connectivity index (χ2n) is 4.49. The molecule has 1 aliphatic rings. The Bertz CT molecular complexity index is 231. The first kappa shape index (κ1) is 13.8. The van der Waals surface area contributed by atoms with Crippen molar-refractivity contribution in [3.8, 4) is 0 Å². The Hall–Kier alpha value is -0.220. The van der Waals surface area contributed by atoms with Gasteiger partial charge in [0.25, 0.3) is 0 Å². The number of hydrogen-bond donors (Lipinski definition) is 2. The zero-order chi connectivity index (χ0) is 12.0. The quantitative estimate of drug-likeness (QED) is 0.612. The van der Waals surface area contributed by atoms with Crippen molar-refractivity contribution >= 4 is 17.7 Å². The minimum absolute atomic E-state index is 0.346. The first-order valence-corrected chi connectivity index (χ1v) is 7.39. The molecule has 0 saturated heterocycles. The standard InChI is InChI=1S/C12H23NO2S/c1-3-5-8-16-9-12(11(14)15,13-4-2)10-6-7-10/h10,13H,3-9H2,1-2H3,(H,14,15). The van der Waals surface area contributed by atoms with E-state index in [2.05, 4.69) is 12.2 Å². The molecule has 0 heterocycles. The van der Waals surface area contributed by atoms with E-state index in [1.54, 1.807) is 11.8 Å². The number of unbranched alkanes of at least 4 members (excludes halogenated alkanes) is 1. The van der Waals surface area contributed by atoms with Crippen LogP contribution in [0.15, 0.2) is 0 Å². The first-order valence-electron chi connectivity index (χ1n) is 6.23. The maximum atomic E-state index is 11.5. The summed E-state index contributed by atoms with van der Waals surface area (Å²) in [5.74, 6) is 1.46. The van der Waals surface area contributed by atoms with Crippen LogP contribution >= 0.6 is 11.8 Å². The summed E-state index contributed by atoms with van der Waals surface area (Å²) in [6.45, 7) is 4.88. The Morgan fingerprint density at radius 2 is 2.19 bits per heavy atom. The van der Waals surface area contributed by atoms with Crippen molar-refractivity contribution in [1.82, 2.24) is 5.32 Å². The van der Waals surface area contributed by atoms with Gasteiger partial charge >= 0.3 is 5.97 Å². The molecule has 0 aliphatic heterocycles. The Balaban J connectivity index is 2.50. The molecule has 1 unspecified atom stereocenters. The predicted octanol–water partition coefficient (Wildman–Crippen LogP) is 2.36. The molecule has 1 rings (SSSR count). The van der Waals surface area contributed by atoms with Crippen LogP contribution in [0.5, 0.6) is 0 Å². The highest BCUT2D eigenvalue weighted by Gasteiger charge is 2.50. The van der Waals surface area contributed by atoms with Gasteiger partial charge < -0.3 is 10.4 Å². The molecule has 94 valence electrons. The molecule has 0 aromatic heterocycles. The fraction of sp³-hybridized carbons (Fsp3) is 0.917. The van der Waals surface area contributed by atoms with Crippen LogP contribution in [-0.4, -0.2) is 34.7 Å². The van der Waals surface area contributed by atoms with E-state index >= 15 is 0 Å². The predicted molar refractivity (Wildman–Crippen MR) is 69.0 cm³/mol. The van der Waals surface area contributed by atoms with Crippen LogP contribution < -0.4 is 5.32 Å². The second kappa shape index (κ2) is 6.50. The average molecular weight is 245 g/mol. The molecule has 0 spiro atoms. The number of thioether (sulfide) groups is 1. The lowest BCUT2D eigenvalue weighted by Gasteiger charge is -2.30. The van der Waals surface area contributed by atoms with Crippen molar-refractivity contribution in [1.29, 1.82) is 0 Å². The molecular formula is C12H23NO2S. The number of carbonyl (C=O) groups is 1. The summed E-state index contributed by atoms with van der Waals surface area (Å²) < 4.78 is 0.